The van der Waals surface area contributed by atoms with Crippen molar-refractivity contribution in [2.24, 2.45) is 5.92 Å². The highest BCUT2D eigenvalue weighted by Crippen LogP contribution is 2.44. The van der Waals surface area contributed by atoms with Gasteiger partial charge in [0.15, 0.2) is 0 Å². The Morgan fingerprint density at radius 3 is 2.20 bits per heavy atom. The Morgan fingerprint density at radius 1 is 1.03 bits per heavy atom. The lowest BCUT2D eigenvalue weighted by Crippen LogP contribution is -2.54. The van der Waals surface area contributed by atoms with Crippen molar-refractivity contribution in [3.63, 3.8) is 0 Å². The van der Waals surface area contributed by atoms with E-state index in [4.69, 9.17) is 14.6 Å². The van der Waals surface area contributed by atoms with Crippen LogP contribution >= 0.6 is 0 Å². The minimum atomic E-state index is -0.995. The minimum absolute atomic E-state index is 0.0282. The summed E-state index contributed by atoms with van der Waals surface area (Å²) in [5.74, 6) is -1.38. The first-order chi connectivity index (χ1) is 17.0. The summed E-state index contributed by atoms with van der Waals surface area (Å²) in [4.78, 5) is 36.7. The fourth-order valence-corrected chi connectivity index (χ4v) is 4.88. The van der Waals surface area contributed by atoms with Crippen molar-refractivity contribution >= 4 is 18.0 Å². The number of rotatable bonds is 11. The molecule has 8 heteroatoms. The van der Waals surface area contributed by atoms with Crippen LogP contribution in [0.15, 0.2) is 48.5 Å². The van der Waals surface area contributed by atoms with Gasteiger partial charge in [0.1, 0.15) is 12.6 Å². The SMILES string of the molecule is CCOC(CNC(=O)C(NC(=O)OCC1c2ccccc2-c2ccccc21)C1CCC1)CC(=O)O. The number of hydrogen-bond donors (Lipinski definition) is 3. The van der Waals surface area contributed by atoms with Gasteiger partial charge in [0, 0.05) is 19.1 Å². The monoisotopic (exact) mass is 480 g/mol. The molecule has 2 aliphatic rings. The van der Waals surface area contributed by atoms with Gasteiger partial charge in [-0.3, -0.25) is 9.59 Å². The first-order valence-corrected chi connectivity index (χ1v) is 12.2. The van der Waals surface area contributed by atoms with E-state index >= 15 is 0 Å². The van der Waals surface area contributed by atoms with Crippen LogP contribution in [0.25, 0.3) is 11.1 Å². The predicted molar refractivity (Wildman–Crippen MR) is 130 cm³/mol. The smallest absolute Gasteiger partial charge is 0.407 e. The molecule has 2 atom stereocenters. The molecule has 0 aromatic heterocycles. The molecule has 0 bridgehead atoms. The first-order valence-electron chi connectivity index (χ1n) is 12.2. The van der Waals surface area contributed by atoms with Gasteiger partial charge in [0.2, 0.25) is 5.91 Å². The Bertz CT molecular complexity index is 1020. The van der Waals surface area contributed by atoms with Crippen LogP contribution < -0.4 is 10.6 Å². The standard InChI is InChI=1S/C27H32N2O6/c1-2-34-18(14-24(30)31)15-28-26(32)25(17-8-7-9-17)29-27(33)35-16-23-21-12-5-3-10-19(21)20-11-4-6-13-22(20)23/h3-6,10-13,17-18,23,25H,2,7-9,14-16H2,1H3,(H,28,32)(H,29,33)(H,30,31). The Morgan fingerprint density at radius 2 is 1.66 bits per heavy atom. The maximum absolute atomic E-state index is 12.9. The minimum Gasteiger partial charge on any atom is -0.481 e. The topological polar surface area (TPSA) is 114 Å². The summed E-state index contributed by atoms with van der Waals surface area (Å²) in [5.41, 5.74) is 4.54. The molecule has 2 unspecified atom stereocenters. The van der Waals surface area contributed by atoms with Crippen molar-refractivity contribution in [1.29, 1.82) is 0 Å². The van der Waals surface area contributed by atoms with Crippen LogP contribution in [-0.2, 0) is 19.1 Å². The van der Waals surface area contributed by atoms with Crippen molar-refractivity contribution in [3.05, 3.63) is 59.7 Å². The zero-order chi connectivity index (χ0) is 24.8. The predicted octanol–water partition coefficient (Wildman–Crippen LogP) is 3.69. The molecule has 0 heterocycles. The summed E-state index contributed by atoms with van der Waals surface area (Å²) in [6.07, 6.45) is 1.21. The third kappa shape index (κ3) is 5.82. The fraction of sp³-hybridized carbons (Fsp3) is 0.444. The second kappa shape index (κ2) is 11.4. The van der Waals surface area contributed by atoms with Crippen molar-refractivity contribution < 1.29 is 29.0 Å². The molecule has 0 aliphatic heterocycles. The maximum atomic E-state index is 12.9. The van der Waals surface area contributed by atoms with Crippen LogP contribution in [0.4, 0.5) is 4.79 Å². The number of aliphatic carboxylic acids is 1. The van der Waals surface area contributed by atoms with Crippen LogP contribution in [0, 0.1) is 5.92 Å². The van der Waals surface area contributed by atoms with E-state index in [1.165, 1.54) is 0 Å². The normalized spacial score (nSPS) is 16.4. The van der Waals surface area contributed by atoms with E-state index in [0.717, 1.165) is 41.5 Å². The van der Waals surface area contributed by atoms with Gasteiger partial charge < -0.3 is 25.2 Å². The second-order valence-corrected chi connectivity index (χ2v) is 9.06. The third-order valence-corrected chi connectivity index (χ3v) is 6.83. The van der Waals surface area contributed by atoms with Gasteiger partial charge in [-0.2, -0.15) is 0 Å². The zero-order valence-electron chi connectivity index (χ0n) is 19.9. The number of hydrogen-bond acceptors (Lipinski definition) is 5. The molecule has 2 aromatic rings. The molecular weight excluding hydrogens is 448 g/mol. The first kappa shape index (κ1) is 24.7. The number of carbonyl (C=O) groups is 3. The van der Waals surface area contributed by atoms with E-state index in [1.54, 1.807) is 6.92 Å². The Labute approximate surface area is 205 Å². The quantitative estimate of drug-likeness (QED) is 0.452. The van der Waals surface area contributed by atoms with E-state index in [2.05, 4.69) is 34.9 Å². The highest BCUT2D eigenvalue weighted by molar-refractivity contribution is 5.86. The van der Waals surface area contributed by atoms with Crippen molar-refractivity contribution in [1.82, 2.24) is 10.6 Å². The molecule has 0 spiro atoms. The molecule has 3 N–H and O–H groups in total. The molecule has 186 valence electrons. The molecule has 2 aliphatic carbocycles. The van der Waals surface area contributed by atoms with Gasteiger partial charge in [0.25, 0.3) is 0 Å². The molecule has 1 saturated carbocycles. The number of carbonyl (C=O) groups excluding carboxylic acids is 2. The molecule has 1 fully saturated rings. The van der Waals surface area contributed by atoms with E-state index in [9.17, 15) is 14.4 Å². The number of alkyl carbamates (subject to hydrolysis) is 1. The Balaban J connectivity index is 1.36. The largest absolute Gasteiger partial charge is 0.481 e. The number of carboxylic acid groups (broad SMARTS) is 1. The molecule has 4 rings (SSSR count). The maximum Gasteiger partial charge on any atom is 0.407 e. The average Bonchev–Trinajstić information content (AvgIpc) is 3.13. The third-order valence-electron chi connectivity index (χ3n) is 6.83. The molecule has 2 aromatic carbocycles. The zero-order valence-corrected chi connectivity index (χ0v) is 19.9. The number of carboxylic acids is 1. The van der Waals surface area contributed by atoms with Crippen molar-refractivity contribution in [3.8, 4) is 11.1 Å². The molecular formula is C27H32N2O6. The van der Waals surface area contributed by atoms with E-state index in [1.807, 2.05) is 24.3 Å². The van der Waals surface area contributed by atoms with Gasteiger partial charge in [-0.15, -0.1) is 0 Å². The average molecular weight is 481 g/mol. The molecule has 0 saturated heterocycles. The lowest BCUT2D eigenvalue weighted by Gasteiger charge is -2.33. The Kier molecular flexibility index (Phi) is 8.02. The number of fused-ring (bicyclic) bond motifs is 3. The van der Waals surface area contributed by atoms with Gasteiger partial charge in [-0.05, 0) is 47.9 Å². The lowest BCUT2D eigenvalue weighted by molar-refractivity contribution is -0.140. The number of ether oxygens (including phenoxy) is 2. The van der Waals surface area contributed by atoms with Crippen LogP contribution in [0.1, 0.15) is 49.7 Å². The van der Waals surface area contributed by atoms with E-state index in [0.29, 0.717) is 6.61 Å². The summed E-state index contributed by atoms with van der Waals surface area (Å²) < 4.78 is 11.0. The summed E-state index contributed by atoms with van der Waals surface area (Å²) in [7, 11) is 0. The lowest BCUT2D eigenvalue weighted by atomic mass is 9.79. The van der Waals surface area contributed by atoms with Gasteiger partial charge in [0.05, 0.1) is 12.5 Å². The van der Waals surface area contributed by atoms with Crippen LogP contribution in [0.2, 0.25) is 0 Å². The number of nitrogens with one attached hydrogen (secondary N) is 2. The van der Waals surface area contributed by atoms with Crippen molar-refractivity contribution in [2.45, 2.75) is 50.7 Å². The Hall–Kier alpha value is -3.39. The second-order valence-electron chi connectivity index (χ2n) is 9.06. The summed E-state index contributed by atoms with van der Waals surface area (Å²) in [6, 6.07) is 15.5. The van der Waals surface area contributed by atoms with Crippen molar-refractivity contribution in [2.75, 3.05) is 19.8 Å². The number of amides is 2. The van der Waals surface area contributed by atoms with Crippen LogP contribution in [0.5, 0.6) is 0 Å². The molecule has 2 amide bonds. The highest BCUT2D eigenvalue weighted by atomic mass is 16.5. The highest BCUT2D eigenvalue weighted by Gasteiger charge is 2.35. The molecule has 0 radical (unpaired) electrons. The summed E-state index contributed by atoms with van der Waals surface area (Å²) in [5, 5.41) is 14.6. The van der Waals surface area contributed by atoms with Gasteiger partial charge >= 0.3 is 12.1 Å². The molecule has 35 heavy (non-hydrogen) atoms. The van der Waals surface area contributed by atoms with Gasteiger partial charge in [-0.1, -0.05) is 55.0 Å². The van der Waals surface area contributed by atoms with E-state index in [-0.39, 0.29) is 37.3 Å². The van der Waals surface area contributed by atoms with Crippen LogP contribution in [-0.4, -0.2) is 55.0 Å². The molecule has 8 nitrogen and oxygen atoms in total. The van der Waals surface area contributed by atoms with Crippen LogP contribution in [0.3, 0.4) is 0 Å². The number of benzene rings is 2. The van der Waals surface area contributed by atoms with E-state index < -0.39 is 24.2 Å². The summed E-state index contributed by atoms with van der Waals surface area (Å²) in [6.45, 7) is 2.35. The fourth-order valence-electron chi connectivity index (χ4n) is 4.88. The van der Waals surface area contributed by atoms with Gasteiger partial charge in [-0.25, -0.2) is 4.79 Å². The summed E-state index contributed by atoms with van der Waals surface area (Å²) >= 11 is 0.